The van der Waals surface area contributed by atoms with Crippen LogP contribution in [-0.4, -0.2) is 277 Å². The number of aliphatic carboxylic acids is 1. The number of phosphoric ester groups is 3. The molecule has 4 fully saturated rings. The highest BCUT2D eigenvalue weighted by Crippen LogP contribution is 2.55. The molecule has 6 aromatic heterocycles. The number of anilines is 2. The zero-order valence-electron chi connectivity index (χ0n) is 83.6. The summed E-state index contributed by atoms with van der Waals surface area (Å²) in [5.74, 6) is 14.7. The number of nitrogen functional groups attached to an aromatic ring is 2. The zero-order valence-corrected chi connectivity index (χ0v) is 86.3. The number of unbranched alkanes of at least 4 members (excludes halogenated alkanes) is 15. The molecule has 7 aromatic rings. The number of carboxylic acid groups (broad SMARTS) is 1. The van der Waals surface area contributed by atoms with Crippen molar-refractivity contribution in [1.29, 1.82) is 0 Å². The molecule has 0 spiro atoms. The molecule has 4 aliphatic heterocycles. The fourth-order valence-corrected chi connectivity index (χ4v) is 20.8. The number of aromatic nitrogens is 10. The molecule has 0 saturated carbocycles. The van der Waals surface area contributed by atoms with Gasteiger partial charge < -0.3 is 116 Å². The highest BCUT2D eigenvalue weighted by molar-refractivity contribution is 7.48. The maximum atomic E-state index is 14.7. The van der Waals surface area contributed by atoms with Gasteiger partial charge >= 0.3 is 40.8 Å². The van der Waals surface area contributed by atoms with E-state index in [1.807, 2.05) is 66.2 Å². The molecule has 18 atom stereocenters. The second kappa shape index (κ2) is 59.1. The third kappa shape index (κ3) is 36.2. The Morgan fingerprint density at radius 2 is 0.947 bits per heavy atom. The first-order chi connectivity index (χ1) is 72.0. The topological polar surface area (TPSA) is 715 Å². The van der Waals surface area contributed by atoms with E-state index in [-0.39, 0.29) is 132 Å². The number of aliphatic hydroxyl groups excluding tert-OH is 5. The number of ether oxygens (including phenoxy) is 5. The average molecular weight is 2160 g/mol. The lowest BCUT2D eigenvalue weighted by Crippen LogP contribution is -2.41. The predicted molar refractivity (Wildman–Crippen MR) is 539 cm³/mol. The van der Waals surface area contributed by atoms with Crippen LogP contribution in [0.1, 0.15) is 227 Å². The van der Waals surface area contributed by atoms with Crippen molar-refractivity contribution >= 4 is 86.9 Å². The van der Waals surface area contributed by atoms with Crippen molar-refractivity contribution in [3.63, 3.8) is 0 Å². The summed E-state index contributed by atoms with van der Waals surface area (Å²) in [7, 11) is -12.7. The number of nitrogens with two attached hydrogens (primary N) is 2. The van der Waals surface area contributed by atoms with Crippen molar-refractivity contribution in [2.45, 2.75) is 254 Å². The van der Waals surface area contributed by atoms with Gasteiger partial charge in [-0.05, 0) is 58.2 Å². The van der Waals surface area contributed by atoms with Crippen LogP contribution in [-0.2, 0) is 95.0 Å². The van der Waals surface area contributed by atoms with Gasteiger partial charge in [0.25, 0.3) is 16.7 Å². The van der Waals surface area contributed by atoms with E-state index >= 15 is 0 Å². The highest BCUT2D eigenvalue weighted by Gasteiger charge is 2.50. The number of hydrogen-bond acceptors (Lipinski definition) is 35. The number of nitrogens with one attached hydrogen (secondary N) is 7. The van der Waals surface area contributed by atoms with Crippen molar-refractivity contribution in [2.75, 3.05) is 111 Å². The number of aliphatic hydroxyl groups is 5. The number of nitrogens with zero attached hydrogens (tertiary/aromatic N) is 8. The Kier molecular flexibility index (Phi) is 46.8. The molecule has 10 heterocycles. The summed E-state index contributed by atoms with van der Waals surface area (Å²) in [6.07, 6.45) is 2.96. The van der Waals surface area contributed by atoms with E-state index in [0.717, 1.165) is 130 Å². The van der Waals surface area contributed by atoms with Crippen molar-refractivity contribution in [3.05, 3.63) is 141 Å². The van der Waals surface area contributed by atoms with Crippen LogP contribution in [0.5, 0.6) is 0 Å². The Bertz CT molecular complexity index is 6450. The molecular weight excluding hydrogens is 2020 g/mol. The summed E-state index contributed by atoms with van der Waals surface area (Å²) in [5.41, 5.74) is 8.38. The SMILES string of the molecule is CCCCNC(=O)CCC(CC(CC(CCCCCCCCCCCCCCCCCOC[C@H]1O[C@@H](n2cc(C#CCO)c3c(=O)[nH]c(N)nc32)C[C@H]1OP(=O)(O)OC[C@H]1O[C@@H](n2cc(C#CCO)c3c(N)ncnc32)C[C@H]1OP(=O)(O)OC[C@H]1O[C@@H](n2cc(C#CCO)c(=O)[nH]c2=O)C[C@H]1OP(=O)(O)OC[C@H]1O[C@@H](n2cc(C#CCO)c(=O)[nH]c2=O)C[C@H]1O)C(=O)NCC(=O)O)C(=O)NCCN(C)C)C(=O)NCc1ccccc1. The van der Waals surface area contributed by atoms with E-state index in [2.05, 4.69) is 88.6 Å². The van der Waals surface area contributed by atoms with E-state index in [9.17, 15) is 107 Å². The Hall–Kier alpha value is -11.3. The largest absolute Gasteiger partial charge is 0.480 e. The standard InChI is InChI=1S/C97H134N17O33P3/c1-4-5-37-100-78(120)36-35-64(90(124)102-51-62-28-20-19-21-29-62)46-69(91(125)101-38-39-110(2)3)45-63(89(123)103-52-83(121)122)30-22-17-15-13-11-9-7-6-8-10-12-14-16-18-23-44-137-57-75-71(48-81(142-75)112-54-66(32-25-41-116)85-88(112)106-95(99)107-94(85)128)145-149(133,134)139-59-76-72(49-80(143-76)111-53-65(31-24-40-115)84-86(98)104-61-105-87(84)111)146-150(135,136)140-60-77-73(50-82(144-77)114-56-68(34-27-43-118)93(127)109-97(114)130)147-148(131,132)138-58-74-70(119)47-79(141-74)113-55-67(33-26-42-117)92(126)108-96(113)129/h19-21,28-29,53-56,61,63-64,69-77,79-82,115-119H,4-18,22-23,30,35-52,57-60H2,1-3H3,(H,100,120)(H,101,125)(H,102,124)(H,103,123)(H,121,122)(H,131,132)(H,133,134)(H,135,136)(H2,98,104,105)(H,108,126,129)(H,109,127,130)(H3,99,106,107,128)/t63?,64?,69?,70-,71-,72-,73-,74-,75-,76-,77-,79-,80-,81-,82-/m1/s1. The van der Waals surface area contributed by atoms with Gasteiger partial charge in [-0.15, -0.1) is 0 Å². The quantitative estimate of drug-likeness (QED) is 0.0147. The van der Waals surface area contributed by atoms with Gasteiger partial charge in [-0.2, -0.15) is 4.98 Å². The minimum Gasteiger partial charge on any atom is -0.480 e. The van der Waals surface area contributed by atoms with Gasteiger partial charge in [0.05, 0.1) is 54.4 Å². The van der Waals surface area contributed by atoms with Gasteiger partial charge in [-0.3, -0.25) is 89.6 Å². The van der Waals surface area contributed by atoms with Crippen LogP contribution in [0.2, 0.25) is 0 Å². The number of likely N-dealkylation sites (N-methyl/N-ethyl adjacent to an activating group) is 1. The molecule has 820 valence electrons. The second-order valence-corrected chi connectivity index (χ2v) is 41.1. The molecule has 1 aromatic carbocycles. The lowest BCUT2D eigenvalue weighted by atomic mass is 9.82. The van der Waals surface area contributed by atoms with Crippen molar-refractivity contribution in [1.82, 2.24) is 74.3 Å². The molecule has 20 N–H and O–H groups in total. The molecule has 4 aliphatic rings. The van der Waals surface area contributed by atoms with Crippen LogP contribution in [0.15, 0.2) is 85.4 Å². The monoisotopic (exact) mass is 2160 g/mol. The summed E-state index contributed by atoms with van der Waals surface area (Å²) in [6, 6.07) is 9.37. The lowest BCUT2D eigenvalue weighted by molar-refractivity contribution is -0.139. The Labute approximate surface area is 862 Å². The van der Waals surface area contributed by atoms with Crippen molar-refractivity contribution in [3.8, 4) is 47.4 Å². The number of carbonyl (C=O) groups excluding carboxylic acids is 4. The van der Waals surface area contributed by atoms with Crippen LogP contribution >= 0.6 is 23.5 Å². The molecule has 53 heteroatoms. The zero-order chi connectivity index (χ0) is 108. The lowest BCUT2D eigenvalue weighted by Gasteiger charge is -2.26. The number of phosphoric acid groups is 3. The van der Waals surface area contributed by atoms with Crippen molar-refractivity contribution < 1.29 is 134 Å². The maximum Gasteiger partial charge on any atom is 0.472 e. The molecule has 0 radical (unpaired) electrons. The second-order valence-electron chi connectivity index (χ2n) is 36.9. The maximum absolute atomic E-state index is 14.7. The minimum atomic E-state index is -5.60. The summed E-state index contributed by atoms with van der Waals surface area (Å²) in [4.78, 5) is 188. The number of carbonyl (C=O) groups is 5. The smallest absolute Gasteiger partial charge is 0.472 e. The van der Waals surface area contributed by atoms with E-state index < -0.39 is 221 Å². The number of amides is 4. The van der Waals surface area contributed by atoms with Gasteiger partial charge in [-0.25, -0.2) is 33.3 Å². The fraction of sp³-hybridized carbons (Fsp3) is 0.598. The summed E-state index contributed by atoms with van der Waals surface area (Å²) in [6.45, 7) is -2.50. The van der Waals surface area contributed by atoms with Gasteiger partial charge in [0.1, 0.15) is 130 Å². The molecule has 50 nitrogen and oxygen atoms in total. The first-order valence-electron chi connectivity index (χ1n) is 49.9. The van der Waals surface area contributed by atoms with Crippen LogP contribution < -0.4 is 60.8 Å². The first kappa shape index (κ1) is 119. The number of carboxylic acids is 1. The van der Waals surface area contributed by atoms with E-state index in [1.165, 1.54) is 21.5 Å². The predicted octanol–water partition coefficient (Wildman–Crippen LogP) is 3.61. The third-order valence-electron chi connectivity index (χ3n) is 25.5. The van der Waals surface area contributed by atoms with Gasteiger partial charge in [0.2, 0.25) is 29.6 Å². The van der Waals surface area contributed by atoms with Crippen LogP contribution in [0, 0.1) is 65.1 Å². The molecule has 11 rings (SSSR count). The van der Waals surface area contributed by atoms with Gasteiger partial charge in [-0.1, -0.05) is 181 Å². The van der Waals surface area contributed by atoms with Crippen molar-refractivity contribution in [2.24, 2.45) is 17.8 Å². The molecule has 150 heavy (non-hydrogen) atoms. The Morgan fingerprint density at radius 1 is 0.507 bits per heavy atom. The minimum absolute atomic E-state index is 0.00731. The Balaban J connectivity index is 0.690. The number of hydrogen-bond donors (Lipinski definition) is 18. The summed E-state index contributed by atoms with van der Waals surface area (Å²) in [5, 5.41) is 70.2. The number of fused-ring (bicyclic) bond motifs is 2. The summed E-state index contributed by atoms with van der Waals surface area (Å²) >= 11 is 0. The Morgan fingerprint density at radius 3 is 1.45 bits per heavy atom. The first-order valence-corrected chi connectivity index (χ1v) is 54.4. The molecule has 4 amide bonds. The van der Waals surface area contributed by atoms with Gasteiger partial charge in [0, 0.05) is 107 Å². The van der Waals surface area contributed by atoms with Gasteiger partial charge in [0.15, 0.2) is 5.65 Å². The van der Waals surface area contributed by atoms with Crippen LogP contribution in [0.25, 0.3) is 22.1 Å². The number of H-pyrrole nitrogens is 3. The fourth-order valence-electron chi connectivity index (χ4n) is 17.9. The third-order valence-corrected chi connectivity index (χ3v) is 28.5. The molecule has 6 unspecified atom stereocenters. The normalized spacial score (nSPS) is 21.3. The highest BCUT2D eigenvalue weighted by atomic mass is 31.2. The van der Waals surface area contributed by atoms with Crippen LogP contribution in [0.4, 0.5) is 11.8 Å². The average Bonchev–Trinajstić information content (AvgIpc) is 1.60. The number of benzene rings is 1. The summed E-state index contributed by atoms with van der Waals surface area (Å²) < 4.78 is 113. The number of aromatic amines is 3. The molecule has 4 saturated heterocycles. The molecular formula is C97H134N17O33P3. The van der Waals surface area contributed by atoms with E-state index in [0.29, 0.717) is 38.9 Å². The van der Waals surface area contributed by atoms with E-state index in [4.69, 9.17) is 62.3 Å². The molecule has 0 bridgehead atoms. The van der Waals surface area contributed by atoms with Crippen LogP contribution in [0.3, 0.4) is 0 Å². The molecule has 0 aliphatic carbocycles. The number of rotatable bonds is 59. The van der Waals surface area contributed by atoms with E-state index in [1.54, 1.807) is 0 Å².